The standard InChI is InChI=1S/C35H46O3/c1-5-24-12-16-31-30-15-11-27-22-35(25-9-13-28(37)14-10-25,26-7-6-8-29(21-26)38-23(2)36)20-19-34(27,4)32(30)17-18-33(24,31)3/h6-10,13-14,21,24,27,30-32,37H,5,11-12,15-20,22H2,1-4H3. The molecule has 8 atom stereocenters. The van der Waals surface area contributed by atoms with E-state index in [9.17, 15) is 9.90 Å². The molecule has 0 aliphatic heterocycles. The number of phenols is 1. The van der Waals surface area contributed by atoms with Crippen LogP contribution in [0, 0.1) is 40.4 Å². The molecule has 0 saturated heterocycles. The Morgan fingerprint density at radius 3 is 2.39 bits per heavy atom. The van der Waals surface area contributed by atoms with Crippen LogP contribution in [0.2, 0.25) is 0 Å². The zero-order chi connectivity index (χ0) is 26.7. The van der Waals surface area contributed by atoms with Gasteiger partial charge in [-0.3, -0.25) is 4.79 Å². The molecule has 0 spiro atoms. The van der Waals surface area contributed by atoms with Gasteiger partial charge in [-0.2, -0.15) is 0 Å². The predicted octanol–water partition coefficient (Wildman–Crippen LogP) is 8.67. The number of benzene rings is 2. The van der Waals surface area contributed by atoms with Crippen LogP contribution in [0.5, 0.6) is 11.5 Å². The third-order valence-electron chi connectivity index (χ3n) is 12.5. The highest BCUT2D eigenvalue weighted by Crippen LogP contribution is 2.69. The van der Waals surface area contributed by atoms with Gasteiger partial charge in [0, 0.05) is 12.3 Å². The lowest BCUT2D eigenvalue weighted by atomic mass is 9.42. The fraction of sp³-hybridized carbons (Fsp3) is 0.629. The van der Waals surface area contributed by atoms with Gasteiger partial charge in [0.15, 0.2) is 0 Å². The summed E-state index contributed by atoms with van der Waals surface area (Å²) in [5.74, 6) is 4.94. The SMILES string of the molecule is CCC1CCC2C3CCC4CC(c5ccc(O)cc5)(c5cccc(OC(C)=O)c5)CCC4(C)C3CCC12C. The van der Waals surface area contributed by atoms with Crippen molar-refractivity contribution in [1.82, 2.24) is 0 Å². The van der Waals surface area contributed by atoms with Crippen molar-refractivity contribution in [2.45, 2.75) is 97.3 Å². The molecule has 2 aromatic carbocycles. The molecular weight excluding hydrogens is 468 g/mol. The number of phenolic OH excluding ortho intramolecular Hbond substituents is 1. The molecule has 4 aliphatic rings. The lowest BCUT2D eigenvalue weighted by molar-refractivity contribution is -0.131. The highest BCUT2D eigenvalue weighted by molar-refractivity contribution is 5.69. The average Bonchev–Trinajstić information content (AvgIpc) is 3.25. The normalized spacial score (nSPS) is 40.1. The summed E-state index contributed by atoms with van der Waals surface area (Å²) in [7, 11) is 0. The summed E-state index contributed by atoms with van der Waals surface area (Å²) in [5.41, 5.74) is 3.34. The van der Waals surface area contributed by atoms with Crippen LogP contribution >= 0.6 is 0 Å². The van der Waals surface area contributed by atoms with Gasteiger partial charge < -0.3 is 9.84 Å². The molecule has 8 unspecified atom stereocenters. The van der Waals surface area contributed by atoms with Gasteiger partial charge in [0.05, 0.1) is 0 Å². The summed E-state index contributed by atoms with van der Waals surface area (Å²) < 4.78 is 5.53. The smallest absolute Gasteiger partial charge is 0.308 e. The van der Waals surface area contributed by atoms with E-state index >= 15 is 0 Å². The monoisotopic (exact) mass is 514 g/mol. The van der Waals surface area contributed by atoms with Crippen molar-refractivity contribution in [1.29, 1.82) is 0 Å². The second kappa shape index (κ2) is 9.42. The van der Waals surface area contributed by atoms with Crippen molar-refractivity contribution in [3.8, 4) is 11.5 Å². The Labute approximate surface area is 229 Å². The molecule has 0 aromatic heterocycles. The van der Waals surface area contributed by atoms with Gasteiger partial charge in [-0.25, -0.2) is 0 Å². The van der Waals surface area contributed by atoms with E-state index in [0.717, 1.165) is 36.5 Å². The zero-order valence-electron chi connectivity index (χ0n) is 23.8. The fourth-order valence-electron chi connectivity index (χ4n) is 10.5. The zero-order valence-corrected chi connectivity index (χ0v) is 23.8. The molecule has 6 rings (SSSR count). The van der Waals surface area contributed by atoms with Gasteiger partial charge in [-0.05, 0) is 134 Å². The van der Waals surface area contributed by atoms with Crippen LogP contribution in [-0.4, -0.2) is 11.1 Å². The summed E-state index contributed by atoms with van der Waals surface area (Å²) in [6.07, 6.45) is 13.3. The molecule has 0 bridgehead atoms. The van der Waals surface area contributed by atoms with E-state index in [1.807, 2.05) is 24.3 Å². The molecule has 2 aromatic rings. The fourth-order valence-corrected chi connectivity index (χ4v) is 10.5. The summed E-state index contributed by atoms with van der Waals surface area (Å²) in [5, 5.41) is 10.1. The topological polar surface area (TPSA) is 46.5 Å². The van der Waals surface area contributed by atoms with Crippen molar-refractivity contribution in [2.24, 2.45) is 40.4 Å². The molecule has 204 valence electrons. The maximum atomic E-state index is 11.7. The summed E-state index contributed by atoms with van der Waals surface area (Å²) in [4.78, 5) is 11.7. The summed E-state index contributed by atoms with van der Waals surface area (Å²) >= 11 is 0. The first-order chi connectivity index (χ1) is 18.2. The molecule has 3 nitrogen and oxygen atoms in total. The third kappa shape index (κ3) is 3.94. The highest BCUT2D eigenvalue weighted by Gasteiger charge is 2.61. The van der Waals surface area contributed by atoms with E-state index in [4.69, 9.17) is 4.74 Å². The number of fused-ring (bicyclic) bond motifs is 5. The van der Waals surface area contributed by atoms with Gasteiger partial charge in [0.2, 0.25) is 0 Å². The molecule has 0 heterocycles. The number of hydrogen-bond donors (Lipinski definition) is 1. The van der Waals surface area contributed by atoms with E-state index in [1.165, 1.54) is 69.4 Å². The van der Waals surface area contributed by atoms with Crippen molar-refractivity contribution in [2.75, 3.05) is 0 Å². The van der Waals surface area contributed by atoms with Crippen LogP contribution in [0.15, 0.2) is 48.5 Å². The number of aromatic hydroxyl groups is 1. The summed E-state index contributed by atoms with van der Waals surface area (Å²) in [6.45, 7) is 9.19. The second-order valence-corrected chi connectivity index (χ2v) is 13.8. The number of esters is 1. The van der Waals surface area contributed by atoms with Gasteiger partial charge in [-0.15, -0.1) is 0 Å². The number of rotatable bonds is 4. The first-order valence-electron chi connectivity index (χ1n) is 15.3. The molecule has 4 saturated carbocycles. The van der Waals surface area contributed by atoms with Crippen LogP contribution in [0.3, 0.4) is 0 Å². The Bertz CT molecular complexity index is 1190. The summed E-state index contributed by atoms with van der Waals surface area (Å²) in [6, 6.07) is 16.2. The second-order valence-electron chi connectivity index (χ2n) is 13.8. The number of carbonyl (C=O) groups is 1. The van der Waals surface area contributed by atoms with Crippen molar-refractivity contribution >= 4 is 5.97 Å². The Morgan fingerprint density at radius 2 is 1.66 bits per heavy atom. The van der Waals surface area contributed by atoms with Crippen LogP contribution in [0.25, 0.3) is 0 Å². The molecule has 4 fully saturated rings. The molecule has 3 heteroatoms. The number of hydrogen-bond acceptors (Lipinski definition) is 3. The highest BCUT2D eigenvalue weighted by atomic mass is 16.5. The van der Waals surface area contributed by atoms with E-state index in [0.29, 0.717) is 28.2 Å². The van der Waals surface area contributed by atoms with E-state index in [1.54, 1.807) is 0 Å². The first kappa shape index (κ1) is 26.0. The third-order valence-corrected chi connectivity index (χ3v) is 12.5. The predicted molar refractivity (Wildman–Crippen MR) is 152 cm³/mol. The van der Waals surface area contributed by atoms with Gasteiger partial charge in [0.1, 0.15) is 11.5 Å². The van der Waals surface area contributed by atoms with Gasteiger partial charge in [-0.1, -0.05) is 51.5 Å². The minimum atomic E-state index is -0.281. The van der Waals surface area contributed by atoms with Crippen LogP contribution in [-0.2, 0) is 10.2 Å². The maximum Gasteiger partial charge on any atom is 0.308 e. The molecule has 4 aliphatic carbocycles. The van der Waals surface area contributed by atoms with Crippen LogP contribution < -0.4 is 4.74 Å². The van der Waals surface area contributed by atoms with E-state index in [-0.39, 0.29) is 11.4 Å². The Hall–Kier alpha value is -2.29. The first-order valence-corrected chi connectivity index (χ1v) is 15.3. The van der Waals surface area contributed by atoms with E-state index in [2.05, 4.69) is 45.0 Å². The lowest BCUT2D eigenvalue weighted by Crippen LogP contribution is -2.55. The van der Waals surface area contributed by atoms with Crippen molar-refractivity contribution in [3.63, 3.8) is 0 Å². The number of carbonyl (C=O) groups excluding carboxylic acids is 1. The van der Waals surface area contributed by atoms with E-state index < -0.39 is 0 Å². The Kier molecular flexibility index (Phi) is 6.43. The van der Waals surface area contributed by atoms with Crippen LogP contribution in [0.4, 0.5) is 0 Å². The van der Waals surface area contributed by atoms with Crippen molar-refractivity contribution < 1.29 is 14.6 Å². The minimum Gasteiger partial charge on any atom is -0.508 e. The molecule has 0 amide bonds. The quantitative estimate of drug-likeness (QED) is 0.328. The Morgan fingerprint density at radius 1 is 0.895 bits per heavy atom. The number of ether oxygens (including phenoxy) is 1. The minimum absolute atomic E-state index is 0.134. The van der Waals surface area contributed by atoms with Crippen molar-refractivity contribution in [3.05, 3.63) is 59.7 Å². The average molecular weight is 515 g/mol. The maximum absolute atomic E-state index is 11.7. The molecule has 38 heavy (non-hydrogen) atoms. The Balaban J connectivity index is 1.35. The molecule has 0 radical (unpaired) electrons. The van der Waals surface area contributed by atoms with Gasteiger partial charge >= 0.3 is 5.97 Å². The van der Waals surface area contributed by atoms with Crippen LogP contribution in [0.1, 0.15) is 103 Å². The van der Waals surface area contributed by atoms with Gasteiger partial charge in [0.25, 0.3) is 0 Å². The lowest BCUT2D eigenvalue weighted by Gasteiger charge is -2.63. The molecular formula is C35H46O3. The largest absolute Gasteiger partial charge is 0.508 e. The molecule has 1 N–H and O–H groups in total.